The van der Waals surface area contributed by atoms with Crippen molar-refractivity contribution < 1.29 is 13.5 Å². The van der Waals surface area contributed by atoms with E-state index in [4.69, 9.17) is 22.1 Å². The summed E-state index contributed by atoms with van der Waals surface area (Å²) in [4.78, 5) is 4.34. The lowest BCUT2D eigenvalue weighted by molar-refractivity contribution is 0.0966. The maximum Gasteiger partial charge on any atom is 0.199 e. The number of para-hydroxylation sites is 1. The molecule has 2 aliphatic rings. The van der Waals surface area contributed by atoms with E-state index in [0.717, 1.165) is 57.0 Å². The van der Waals surface area contributed by atoms with E-state index in [0.29, 0.717) is 23.7 Å². The fraction of sp³-hybridized carbons (Fsp3) is 0.417. The number of anilines is 1. The molecule has 2 aliphatic heterocycles. The number of rotatable bonds is 6. The van der Waals surface area contributed by atoms with E-state index in [-0.39, 0.29) is 17.7 Å². The Labute approximate surface area is 197 Å². The molecule has 33 heavy (non-hydrogen) atoms. The molecule has 0 N–H and O–H groups in total. The lowest BCUT2D eigenvalue weighted by Crippen LogP contribution is -2.47. The largest absolute Gasteiger partial charge is 0.376 e. The van der Waals surface area contributed by atoms with Crippen LogP contribution in [0.5, 0.6) is 0 Å². The van der Waals surface area contributed by atoms with Crippen LogP contribution in [0.4, 0.5) is 14.5 Å². The van der Waals surface area contributed by atoms with Crippen LogP contribution in [0.15, 0.2) is 48.5 Å². The quantitative estimate of drug-likeness (QED) is 0.501. The maximum absolute atomic E-state index is 14.2. The highest BCUT2D eigenvalue weighted by molar-refractivity contribution is 7.71. The number of benzene rings is 2. The average Bonchev–Trinajstić information content (AvgIpc) is 3.45. The second kappa shape index (κ2) is 9.70. The molecule has 5 rings (SSSR count). The van der Waals surface area contributed by atoms with Gasteiger partial charge in [-0.2, -0.15) is 5.10 Å². The molecule has 0 radical (unpaired) electrons. The highest BCUT2D eigenvalue weighted by Crippen LogP contribution is 2.24. The Kier molecular flexibility index (Phi) is 6.52. The number of ether oxygens (including phenoxy) is 1. The lowest BCUT2D eigenvalue weighted by Gasteiger charge is -2.35. The van der Waals surface area contributed by atoms with Crippen LogP contribution >= 0.6 is 12.2 Å². The Balaban J connectivity index is 1.34. The first-order chi connectivity index (χ1) is 16.1. The Morgan fingerprint density at radius 2 is 1.76 bits per heavy atom. The third-order valence-electron chi connectivity index (χ3n) is 6.33. The van der Waals surface area contributed by atoms with Crippen LogP contribution in [0, 0.1) is 16.4 Å². The monoisotopic (exact) mass is 471 g/mol. The van der Waals surface area contributed by atoms with Gasteiger partial charge in [0.15, 0.2) is 10.6 Å². The molecule has 0 amide bonds. The van der Waals surface area contributed by atoms with Gasteiger partial charge in [-0.15, -0.1) is 0 Å². The topological polar surface area (TPSA) is 38.5 Å². The molecule has 0 saturated carbocycles. The van der Waals surface area contributed by atoms with E-state index in [1.807, 2.05) is 21.4 Å². The number of aromatic nitrogens is 3. The molecule has 9 heteroatoms. The number of halogens is 2. The van der Waals surface area contributed by atoms with Crippen molar-refractivity contribution in [2.45, 2.75) is 32.2 Å². The van der Waals surface area contributed by atoms with E-state index in [2.05, 4.69) is 9.80 Å². The fourth-order valence-electron chi connectivity index (χ4n) is 4.53. The van der Waals surface area contributed by atoms with Crippen LogP contribution in [0.25, 0.3) is 11.4 Å². The van der Waals surface area contributed by atoms with Crippen LogP contribution in [0.2, 0.25) is 0 Å². The smallest absolute Gasteiger partial charge is 0.199 e. The van der Waals surface area contributed by atoms with Gasteiger partial charge in [-0.05, 0) is 61.5 Å². The fourth-order valence-corrected chi connectivity index (χ4v) is 4.79. The second-order valence-electron chi connectivity index (χ2n) is 8.56. The molecule has 1 unspecified atom stereocenters. The highest BCUT2D eigenvalue weighted by Gasteiger charge is 2.23. The summed E-state index contributed by atoms with van der Waals surface area (Å²) in [5.41, 5.74) is 1.47. The van der Waals surface area contributed by atoms with Gasteiger partial charge in [0.2, 0.25) is 0 Å². The summed E-state index contributed by atoms with van der Waals surface area (Å²) < 4.78 is 38.0. The van der Waals surface area contributed by atoms with Gasteiger partial charge in [0.1, 0.15) is 11.6 Å². The third-order valence-corrected chi connectivity index (χ3v) is 6.77. The normalized spacial score (nSPS) is 19.3. The van der Waals surface area contributed by atoms with Gasteiger partial charge in [0.25, 0.3) is 0 Å². The van der Waals surface area contributed by atoms with Gasteiger partial charge in [-0.1, -0.05) is 12.1 Å². The van der Waals surface area contributed by atoms with E-state index in [9.17, 15) is 8.78 Å². The molecule has 0 spiro atoms. The maximum atomic E-state index is 14.2. The molecule has 1 aromatic heterocycles. The summed E-state index contributed by atoms with van der Waals surface area (Å²) in [5, 5.41) is 4.82. The van der Waals surface area contributed by atoms with Crippen molar-refractivity contribution in [1.29, 1.82) is 0 Å². The lowest BCUT2D eigenvalue weighted by atomic mass is 10.2. The Bertz CT molecular complexity index is 1150. The molecule has 3 aromatic rings. The van der Waals surface area contributed by atoms with Crippen LogP contribution in [0.1, 0.15) is 12.8 Å². The molecule has 2 aromatic carbocycles. The summed E-state index contributed by atoms with van der Waals surface area (Å²) in [6.45, 7) is 4.97. The molecule has 1 atom stereocenters. The molecular weight excluding hydrogens is 444 g/mol. The van der Waals surface area contributed by atoms with E-state index in [1.54, 1.807) is 18.2 Å². The minimum absolute atomic E-state index is 0.109. The van der Waals surface area contributed by atoms with Crippen molar-refractivity contribution in [1.82, 2.24) is 19.2 Å². The SMILES string of the molecule is Fc1ccc(-c2nn(CN3CCN(c4ccccc4F)CC3)c(=S)n2CC2CCCO2)cc1. The van der Waals surface area contributed by atoms with Crippen LogP contribution in [-0.2, 0) is 18.0 Å². The van der Waals surface area contributed by atoms with Crippen LogP contribution in [-0.4, -0.2) is 58.1 Å². The second-order valence-corrected chi connectivity index (χ2v) is 8.92. The van der Waals surface area contributed by atoms with E-state index in [1.165, 1.54) is 18.2 Å². The van der Waals surface area contributed by atoms with Gasteiger partial charge in [-0.25, -0.2) is 13.5 Å². The van der Waals surface area contributed by atoms with Crippen molar-refractivity contribution >= 4 is 17.9 Å². The first-order valence-electron chi connectivity index (χ1n) is 11.4. The first kappa shape index (κ1) is 22.2. The molecule has 3 heterocycles. The molecule has 0 bridgehead atoms. The molecule has 0 aliphatic carbocycles. The summed E-state index contributed by atoms with van der Waals surface area (Å²) in [6, 6.07) is 13.2. The highest BCUT2D eigenvalue weighted by atomic mass is 32.1. The van der Waals surface area contributed by atoms with Crippen LogP contribution < -0.4 is 4.90 Å². The predicted octanol–water partition coefficient (Wildman–Crippen LogP) is 4.32. The standard InChI is InChI=1S/C24H27F2N5OS/c25-19-9-7-18(8-10-19)23-27-31(24(33)30(23)16-20-4-3-15-32-20)17-28-11-13-29(14-12-28)22-6-2-1-5-21(22)26/h1-2,5-10,20H,3-4,11-17H2. The zero-order valence-electron chi connectivity index (χ0n) is 18.4. The summed E-state index contributed by atoms with van der Waals surface area (Å²) in [6.07, 6.45) is 2.15. The van der Waals surface area contributed by atoms with Crippen molar-refractivity contribution in [3.05, 3.63) is 64.9 Å². The summed E-state index contributed by atoms with van der Waals surface area (Å²) in [7, 11) is 0. The van der Waals surface area contributed by atoms with Crippen molar-refractivity contribution in [2.24, 2.45) is 0 Å². The van der Waals surface area contributed by atoms with E-state index >= 15 is 0 Å². The van der Waals surface area contributed by atoms with Gasteiger partial charge >= 0.3 is 0 Å². The molecular formula is C24H27F2N5OS. The van der Waals surface area contributed by atoms with Crippen molar-refractivity contribution in [3.63, 3.8) is 0 Å². The first-order valence-corrected chi connectivity index (χ1v) is 11.8. The molecule has 2 fully saturated rings. The zero-order chi connectivity index (χ0) is 22.8. The number of hydrogen-bond acceptors (Lipinski definition) is 5. The van der Waals surface area contributed by atoms with Gasteiger partial charge in [-0.3, -0.25) is 9.47 Å². The van der Waals surface area contributed by atoms with Gasteiger partial charge in [0.05, 0.1) is 25.0 Å². The third kappa shape index (κ3) is 4.85. The minimum Gasteiger partial charge on any atom is -0.376 e. The average molecular weight is 472 g/mol. The summed E-state index contributed by atoms with van der Waals surface area (Å²) in [5.74, 6) is 0.251. The van der Waals surface area contributed by atoms with Gasteiger partial charge < -0.3 is 9.64 Å². The van der Waals surface area contributed by atoms with Gasteiger partial charge in [0, 0.05) is 38.3 Å². The molecule has 174 valence electrons. The Morgan fingerprint density at radius 1 is 1.00 bits per heavy atom. The Morgan fingerprint density at radius 3 is 2.45 bits per heavy atom. The Hall–Kier alpha value is -2.62. The summed E-state index contributed by atoms with van der Waals surface area (Å²) >= 11 is 5.81. The number of nitrogens with zero attached hydrogens (tertiary/aromatic N) is 5. The van der Waals surface area contributed by atoms with E-state index < -0.39 is 0 Å². The predicted molar refractivity (Wildman–Crippen MR) is 126 cm³/mol. The van der Waals surface area contributed by atoms with Crippen molar-refractivity contribution in [3.8, 4) is 11.4 Å². The number of piperazine rings is 1. The minimum atomic E-state index is -0.282. The van der Waals surface area contributed by atoms with Crippen LogP contribution in [0.3, 0.4) is 0 Å². The molecule has 2 saturated heterocycles. The number of hydrogen-bond donors (Lipinski definition) is 0. The molecule has 6 nitrogen and oxygen atoms in total. The van der Waals surface area contributed by atoms with Crippen molar-refractivity contribution in [2.75, 3.05) is 37.7 Å². The zero-order valence-corrected chi connectivity index (χ0v) is 19.2.